The number of nitrogens with zero attached hydrogens (tertiary/aromatic N) is 1. The van der Waals surface area contributed by atoms with Crippen LogP contribution in [0.15, 0.2) is 29.4 Å². The highest BCUT2D eigenvalue weighted by Gasteiger charge is 1.96. The first kappa shape index (κ1) is 9.54. The van der Waals surface area contributed by atoms with Crippen LogP contribution in [0.4, 0.5) is 5.69 Å². The smallest absolute Gasteiger partial charge is 0.106 e. The number of nitrogens with two attached hydrogens (primary N) is 1. The van der Waals surface area contributed by atoms with Crippen LogP contribution in [0.5, 0.6) is 0 Å². The quantitative estimate of drug-likeness (QED) is 0.418. The molecule has 0 radical (unpaired) electrons. The number of benzene rings is 1. The van der Waals surface area contributed by atoms with Gasteiger partial charge < -0.3 is 10.3 Å². The summed E-state index contributed by atoms with van der Waals surface area (Å²) in [6, 6.07) is 7.61. The summed E-state index contributed by atoms with van der Waals surface area (Å²) in [5.74, 6) is 5.23. The molecule has 0 fully saturated rings. The number of hydrogen-bond donors (Lipinski definition) is 2. The zero-order valence-electron chi connectivity index (χ0n) is 7.74. The van der Waals surface area contributed by atoms with Crippen molar-refractivity contribution < 1.29 is 4.84 Å². The van der Waals surface area contributed by atoms with E-state index < -0.39 is 0 Å². The minimum absolute atomic E-state index is 0.839. The van der Waals surface area contributed by atoms with Crippen LogP contribution in [0.3, 0.4) is 0 Å². The van der Waals surface area contributed by atoms with Crippen molar-refractivity contribution >= 4 is 11.4 Å². The predicted molar refractivity (Wildman–Crippen MR) is 53.5 cm³/mol. The Hall–Kier alpha value is -1.55. The average molecular weight is 179 g/mol. The Kier molecular flexibility index (Phi) is 3.28. The third kappa shape index (κ3) is 2.45. The van der Waals surface area contributed by atoms with Gasteiger partial charge in [0.15, 0.2) is 0 Å². The van der Waals surface area contributed by atoms with Crippen molar-refractivity contribution in [2.75, 3.05) is 12.5 Å². The topological polar surface area (TPSA) is 59.6 Å². The van der Waals surface area contributed by atoms with Gasteiger partial charge in [0, 0.05) is 5.69 Å². The first-order chi connectivity index (χ1) is 6.27. The fraction of sp³-hybridized carbons (Fsp3) is 0.222. The Morgan fingerprint density at radius 1 is 1.38 bits per heavy atom. The highest BCUT2D eigenvalue weighted by atomic mass is 16.6. The second kappa shape index (κ2) is 4.47. The van der Waals surface area contributed by atoms with E-state index in [1.807, 2.05) is 31.2 Å². The zero-order chi connectivity index (χ0) is 9.68. The molecule has 0 aliphatic heterocycles. The Morgan fingerprint density at radius 3 is 2.46 bits per heavy atom. The lowest BCUT2D eigenvalue weighted by molar-refractivity contribution is 0.213. The molecule has 0 bridgehead atoms. The zero-order valence-corrected chi connectivity index (χ0v) is 7.74. The van der Waals surface area contributed by atoms with Gasteiger partial charge in [-0.2, -0.15) is 0 Å². The molecule has 0 unspecified atom stereocenters. The molecule has 13 heavy (non-hydrogen) atoms. The van der Waals surface area contributed by atoms with Crippen molar-refractivity contribution in [3.63, 3.8) is 0 Å². The van der Waals surface area contributed by atoms with Crippen LogP contribution in [0.2, 0.25) is 0 Å². The van der Waals surface area contributed by atoms with Gasteiger partial charge in [0.2, 0.25) is 0 Å². The number of oxime groups is 1. The van der Waals surface area contributed by atoms with Gasteiger partial charge in [0.25, 0.3) is 0 Å². The largest absolute Gasteiger partial charge is 0.399 e. The van der Waals surface area contributed by atoms with Gasteiger partial charge >= 0.3 is 0 Å². The van der Waals surface area contributed by atoms with E-state index >= 15 is 0 Å². The van der Waals surface area contributed by atoms with Crippen molar-refractivity contribution in [1.29, 1.82) is 0 Å². The number of nitrogens with one attached hydrogen (secondary N) is 1. The number of rotatable bonds is 3. The van der Waals surface area contributed by atoms with Gasteiger partial charge in [-0.25, -0.2) is 0 Å². The van der Waals surface area contributed by atoms with Crippen molar-refractivity contribution in [3.05, 3.63) is 29.8 Å². The molecule has 4 heteroatoms. The Labute approximate surface area is 77.3 Å². The van der Waals surface area contributed by atoms with E-state index in [2.05, 4.69) is 15.4 Å². The van der Waals surface area contributed by atoms with E-state index in [0.717, 1.165) is 17.0 Å². The fourth-order valence-electron chi connectivity index (χ4n) is 0.997. The lowest BCUT2D eigenvalue weighted by atomic mass is 10.1. The minimum atomic E-state index is 0.839. The van der Waals surface area contributed by atoms with Gasteiger partial charge in [-0.05, 0) is 24.6 Å². The second-order valence-corrected chi connectivity index (χ2v) is 2.58. The molecule has 0 saturated heterocycles. The average Bonchev–Trinajstić information content (AvgIpc) is 2.18. The van der Waals surface area contributed by atoms with Crippen LogP contribution < -0.4 is 11.3 Å². The van der Waals surface area contributed by atoms with Crippen LogP contribution in [0.1, 0.15) is 12.5 Å². The monoisotopic (exact) mass is 179 g/mol. The summed E-state index contributed by atoms with van der Waals surface area (Å²) in [6.45, 7) is 1.88. The maximum absolute atomic E-state index is 5.23. The molecule has 0 heterocycles. The third-order valence-electron chi connectivity index (χ3n) is 1.70. The third-order valence-corrected chi connectivity index (χ3v) is 1.70. The lowest BCUT2D eigenvalue weighted by Gasteiger charge is -2.02. The molecule has 0 spiro atoms. The molecule has 0 aromatic heterocycles. The van der Waals surface area contributed by atoms with E-state index in [4.69, 9.17) is 5.84 Å². The highest BCUT2D eigenvalue weighted by Crippen LogP contribution is 2.08. The lowest BCUT2D eigenvalue weighted by Crippen LogP contribution is -2.06. The van der Waals surface area contributed by atoms with E-state index in [1.54, 1.807) is 0 Å². The number of hydrogen-bond acceptors (Lipinski definition) is 4. The summed E-state index contributed by atoms with van der Waals surface area (Å²) in [7, 11) is 1.53. The van der Waals surface area contributed by atoms with Gasteiger partial charge in [0.1, 0.15) is 7.11 Å². The van der Waals surface area contributed by atoms with E-state index in [0.29, 0.717) is 0 Å². The molecule has 4 nitrogen and oxygen atoms in total. The normalized spacial score (nSPS) is 11.2. The molecule has 0 aliphatic carbocycles. The van der Waals surface area contributed by atoms with Crippen molar-refractivity contribution in [2.24, 2.45) is 11.0 Å². The van der Waals surface area contributed by atoms with Crippen LogP contribution in [-0.2, 0) is 4.84 Å². The van der Waals surface area contributed by atoms with Gasteiger partial charge in [-0.1, -0.05) is 17.3 Å². The molecule has 1 aromatic carbocycles. The second-order valence-electron chi connectivity index (χ2n) is 2.58. The van der Waals surface area contributed by atoms with Crippen LogP contribution in [-0.4, -0.2) is 12.8 Å². The van der Waals surface area contributed by atoms with Crippen molar-refractivity contribution in [2.45, 2.75) is 6.92 Å². The first-order valence-electron chi connectivity index (χ1n) is 3.92. The Balaban J connectivity index is 2.85. The molecule has 1 rings (SSSR count). The minimum Gasteiger partial charge on any atom is -0.399 e. The summed E-state index contributed by atoms with van der Waals surface area (Å²) in [6.07, 6.45) is 0. The standard InChI is InChI=1S/C9H13N3O/c1-7(12-13-2)8-3-5-9(11-10)6-4-8/h3-6,11H,10H2,1-2H3/b12-7+. The van der Waals surface area contributed by atoms with E-state index in [9.17, 15) is 0 Å². The molecular formula is C9H13N3O. The molecule has 1 aromatic rings. The Morgan fingerprint density at radius 2 is 2.00 bits per heavy atom. The summed E-state index contributed by atoms with van der Waals surface area (Å²) in [4.78, 5) is 4.66. The maximum Gasteiger partial charge on any atom is 0.106 e. The molecule has 70 valence electrons. The molecular weight excluding hydrogens is 166 g/mol. The SMILES string of the molecule is CO/N=C(\C)c1ccc(NN)cc1. The van der Waals surface area contributed by atoms with E-state index in [-0.39, 0.29) is 0 Å². The number of anilines is 1. The van der Waals surface area contributed by atoms with Crippen molar-refractivity contribution in [3.8, 4) is 0 Å². The molecule has 0 aliphatic rings. The number of hydrazine groups is 1. The van der Waals surface area contributed by atoms with Crippen LogP contribution >= 0.6 is 0 Å². The first-order valence-corrected chi connectivity index (χ1v) is 3.92. The maximum atomic E-state index is 5.23. The van der Waals surface area contributed by atoms with Crippen LogP contribution in [0, 0.1) is 0 Å². The van der Waals surface area contributed by atoms with E-state index in [1.165, 1.54) is 7.11 Å². The summed E-state index contributed by atoms with van der Waals surface area (Å²) in [5.41, 5.74) is 5.28. The summed E-state index contributed by atoms with van der Waals surface area (Å²) < 4.78 is 0. The Bertz CT molecular complexity index is 292. The van der Waals surface area contributed by atoms with Gasteiger partial charge in [-0.15, -0.1) is 0 Å². The summed E-state index contributed by atoms with van der Waals surface area (Å²) in [5, 5.41) is 3.82. The number of nitrogen functional groups attached to an aromatic ring is 1. The van der Waals surface area contributed by atoms with Gasteiger partial charge in [-0.3, -0.25) is 5.84 Å². The molecule has 0 atom stereocenters. The molecule has 0 saturated carbocycles. The summed E-state index contributed by atoms with van der Waals surface area (Å²) >= 11 is 0. The highest BCUT2D eigenvalue weighted by molar-refractivity contribution is 5.98. The molecule has 0 amide bonds. The van der Waals surface area contributed by atoms with Crippen LogP contribution in [0.25, 0.3) is 0 Å². The fourth-order valence-corrected chi connectivity index (χ4v) is 0.997. The van der Waals surface area contributed by atoms with Gasteiger partial charge in [0.05, 0.1) is 5.71 Å². The molecule has 3 N–H and O–H groups in total. The predicted octanol–water partition coefficient (Wildman–Crippen LogP) is 1.34. The van der Waals surface area contributed by atoms with Crippen molar-refractivity contribution in [1.82, 2.24) is 0 Å².